The average molecular weight is 463 g/mol. The van der Waals surface area contributed by atoms with E-state index in [0.29, 0.717) is 18.1 Å². The molecule has 0 unspecified atom stereocenters. The molecule has 0 saturated heterocycles. The van der Waals surface area contributed by atoms with Crippen LogP contribution in [-0.2, 0) is 11.3 Å². The van der Waals surface area contributed by atoms with Crippen molar-refractivity contribution in [3.05, 3.63) is 95.7 Å². The number of nitrogens with one attached hydrogen (secondary N) is 1. The number of carbonyl (C=O) groups excluding carboxylic acids is 1. The van der Waals surface area contributed by atoms with Crippen LogP contribution >= 0.6 is 0 Å². The summed E-state index contributed by atoms with van der Waals surface area (Å²) in [4.78, 5) is 20.0. The highest BCUT2D eigenvalue weighted by molar-refractivity contribution is 6.15. The zero-order valence-corrected chi connectivity index (χ0v) is 19.8. The van der Waals surface area contributed by atoms with Crippen molar-refractivity contribution in [2.45, 2.75) is 33.2 Å². The predicted octanol–water partition coefficient (Wildman–Crippen LogP) is 5.51. The quantitative estimate of drug-likeness (QED) is 0.367. The molecule has 0 fully saturated rings. The summed E-state index contributed by atoms with van der Waals surface area (Å²) in [6, 6.07) is 26.2. The Balaban J connectivity index is 1.41. The van der Waals surface area contributed by atoms with Crippen LogP contribution in [0.5, 0.6) is 0 Å². The molecular formula is C28H26N6O. The van der Waals surface area contributed by atoms with Crippen molar-refractivity contribution >= 4 is 17.3 Å². The molecular weight excluding hydrogens is 436 g/mol. The lowest BCUT2D eigenvalue weighted by Gasteiger charge is -2.18. The number of carbonyl (C=O) groups is 1. The van der Waals surface area contributed by atoms with Gasteiger partial charge in [-0.2, -0.15) is 0 Å². The smallest absolute Gasteiger partial charge is 0.278 e. The number of H-pyrrole nitrogens is 1. The van der Waals surface area contributed by atoms with Gasteiger partial charge in [0.2, 0.25) is 0 Å². The van der Waals surface area contributed by atoms with Crippen LogP contribution in [0.25, 0.3) is 28.1 Å². The molecule has 0 atom stereocenters. The number of benzene rings is 3. The fraction of sp³-hybridized carbons (Fsp3) is 0.179. The van der Waals surface area contributed by atoms with Gasteiger partial charge in [-0.1, -0.05) is 85.8 Å². The number of hydrogen-bond acceptors (Lipinski definition) is 5. The first kappa shape index (κ1) is 22.4. The van der Waals surface area contributed by atoms with Crippen LogP contribution in [0.4, 0.5) is 0 Å². The first-order valence-electron chi connectivity index (χ1n) is 11.7. The maximum absolute atomic E-state index is 13.4. The molecule has 5 rings (SSSR count). The maximum Gasteiger partial charge on any atom is 0.278 e. The number of amides is 1. The number of tetrazole rings is 1. The molecule has 0 saturated carbocycles. The minimum atomic E-state index is -0.0398. The third-order valence-corrected chi connectivity index (χ3v) is 6.17. The molecule has 174 valence electrons. The number of aromatic amines is 1. The Morgan fingerprint density at radius 2 is 1.63 bits per heavy atom. The Morgan fingerprint density at radius 1 is 0.914 bits per heavy atom. The van der Waals surface area contributed by atoms with Crippen molar-refractivity contribution in [3.63, 3.8) is 0 Å². The number of rotatable bonds is 7. The first-order valence-corrected chi connectivity index (χ1v) is 11.7. The van der Waals surface area contributed by atoms with Gasteiger partial charge in [-0.3, -0.25) is 9.69 Å². The summed E-state index contributed by atoms with van der Waals surface area (Å²) in [6.07, 6.45) is 1.68. The highest BCUT2D eigenvalue weighted by Crippen LogP contribution is 2.31. The van der Waals surface area contributed by atoms with E-state index < -0.39 is 0 Å². The third-order valence-electron chi connectivity index (χ3n) is 6.17. The van der Waals surface area contributed by atoms with Crippen molar-refractivity contribution in [1.29, 1.82) is 0 Å². The van der Waals surface area contributed by atoms with E-state index in [9.17, 15) is 4.79 Å². The lowest BCUT2D eigenvalue weighted by Crippen LogP contribution is -2.31. The van der Waals surface area contributed by atoms with Gasteiger partial charge in [0, 0.05) is 12.0 Å². The molecule has 1 aliphatic rings. The Morgan fingerprint density at radius 3 is 2.31 bits per heavy atom. The van der Waals surface area contributed by atoms with Gasteiger partial charge in [-0.15, -0.1) is 5.10 Å². The number of nitrogens with zero attached hydrogens (tertiary/aromatic N) is 5. The van der Waals surface area contributed by atoms with Gasteiger partial charge in [-0.25, -0.2) is 10.1 Å². The van der Waals surface area contributed by atoms with E-state index in [4.69, 9.17) is 4.99 Å². The summed E-state index contributed by atoms with van der Waals surface area (Å²) in [5, 5.41) is 14.3. The van der Waals surface area contributed by atoms with Crippen LogP contribution in [0.15, 0.2) is 89.6 Å². The van der Waals surface area contributed by atoms with Crippen LogP contribution < -0.4 is 0 Å². The largest absolute Gasteiger partial charge is 0.290 e. The molecule has 35 heavy (non-hydrogen) atoms. The summed E-state index contributed by atoms with van der Waals surface area (Å²) in [5.74, 6) is 1.41. The number of aliphatic imine (C=N–C) groups is 1. The molecule has 2 heterocycles. The van der Waals surface area contributed by atoms with Crippen molar-refractivity contribution in [3.8, 4) is 22.5 Å². The van der Waals surface area contributed by atoms with Gasteiger partial charge < -0.3 is 0 Å². The summed E-state index contributed by atoms with van der Waals surface area (Å²) in [5.41, 5.74) is 6.52. The summed E-state index contributed by atoms with van der Waals surface area (Å²) < 4.78 is 0. The van der Waals surface area contributed by atoms with Crippen molar-refractivity contribution in [2.75, 3.05) is 0 Å². The Labute approximate surface area is 204 Å². The van der Waals surface area contributed by atoms with Gasteiger partial charge in [0.15, 0.2) is 5.82 Å². The topological polar surface area (TPSA) is 87.1 Å². The van der Waals surface area contributed by atoms with E-state index in [1.807, 2.05) is 66.4 Å². The summed E-state index contributed by atoms with van der Waals surface area (Å²) in [6.45, 7) is 4.56. The fourth-order valence-corrected chi connectivity index (χ4v) is 4.32. The second kappa shape index (κ2) is 9.85. The molecule has 4 aromatic rings. The second-order valence-electron chi connectivity index (χ2n) is 8.50. The minimum absolute atomic E-state index is 0.0398. The van der Waals surface area contributed by atoms with Gasteiger partial charge in [-0.05, 0) is 51.6 Å². The average Bonchev–Trinajstić information content (AvgIpc) is 3.54. The molecule has 1 aromatic heterocycles. The van der Waals surface area contributed by atoms with Gasteiger partial charge in [0.05, 0.1) is 6.54 Å². The zero-order valence-electron chi connectivity index (χ0n) is 19.8. The highest BCUT2D eigenvalue weighted by atomic mass is 16.2. The summed E-state index contributed by atoms with van der Waals surface area (Å²) in [7, 11) is 0. The lowest BCUT2D eigenvalue weighted by atomic mass is 9.98. The highest BCUT2D eigenvalue weighted by Gasteiger charge is 2.31. The number of amidine groups is 1. The number of allylic oxidation sites excluding steroid dienone is 1. The van der Waals surface area contributed by atoms with E-state index in [-0.39, 0.29) is 5.91 Å². The van der Waals surface area contributed by atoms with Crippen molar-refractivity contribution in [2.24, 2.45) is 4.99 Å². The molecule has 1 N–H and O–H groups in total. The molecule has 0 bridgehead atoms. The van der Waals surface area contributed by atoms with Gasteiger partial charge >= 0.3 is 0 Å². The van der Waals surface area contributed by atoms with E-state index in [1.54, 1.807) is 0 Å². The molecule has 1 aliphatic heterocycles. The maximum atomic E-state index is 13.4. The molecule has 7 heteroatoms. The SMILES string of the molecule is CCCC1=N/C(=C(\C)c2ccccc2)C(=O)N1Cc1ccc(-c2ccccc2-c2nnn[nH]2)cc1. The van der Waals surface area contributed by atoms with Crippen LogP contribution in [-0.4, -0.2) is 37.3 Å². The Kier molecular flexibility index (Phi) is 6.30. The summed E-state index contributed by atoms with van der Waals surface area (Å²) >= 11 is 0. The molecule has 0 spiro atoms. The minimum Gasteiger partial charge on any atom is -0.290 e. The number of aromatic nitrogens is 4. The van der Waals surface area contributed by atoms with Crippen LogP contribution in [0.1, 0.15) is 37.8 Å². The molecule has 1 amide bonds. The number of hydrogen-bond donors (Lipinski definition) is 1. The van der Waals surface area contributed by atoms with Crippen LogP contribution in [0.3, 0.4) is 0 Å². The Bertz CT molecular complexity index is 1390. The van der Waals surface area contributed by atoms with Gasteiger partial charge in [0.25, 0.3) is 5.91 Å². The monoisotopic (exact) mass is 462 g/mol. The molecule has 7 nitrogen and oxygen atoms in total. The standard InChI is InChI=1S/C28H26N6O/c1-3-9-25-29-26(19(2)21-10-5-4-6-11-21)28(35)34(25)18-20-14-16-22(17-15-20)23-12-7-8-13-24(23)27-30-32-33-31-27/h4-8,10-17H,3,9,18H2,1-2H3,(H,30,31,32,33)/b26-19+. The van der Waals surface area contributed by atoms with Crippen molar-refractivity contribution < 1.29 is 4.79 Å². The second-order valence-corrected chi connectivity index (χ2v) is 8.50. The fourth-order valence-electron chi connectivity index (χ4n) is 4.32. The van der Waals surface area contributed by atoms with E-state index in [0.717, 1.165) is 52.1 Å². The van der Waals surface area contributed by atoms with Crippen LogP contribution in [0.2, 0.25) is 0 Å². The van der Waals surface area contributed by atoms with Crippen LogP contribution in [0, 0.1) is 0 Å². The first-order chi connectivity index (χ1) is 17.2. The zero-order chi connectivity index (χ0) is 24.2. The van der Waals surface area contributed by atoms with E-state index >= 15 is 0 Å². The lowest BCUT2D eigenvalue weighted by molar-refractivity contribution is -0.123. The van der Waals surface area contributed by atoms with Crippen molar-refractivity contribution in [1.82, 2.24) is 25.5 Å². The van der Waals surface area contributed by atoms with Gasteiger partial charge in [0.1, 0.15) is 11.5 Å². The molecule has 0 radical (unpaired) electrons. The predicted molar refractivity (Wildman–Crippen MR) is 137 cm³/mol. The van der Waals surface area contributed by atoms with E-state index in [2.05, 4.69) is 51.8 Å². The Hall–Kier alpha value is -4.39. The molecule has 3 aromatic carbocycles. The normalized spacial score (nSPS) is 14.9. The molecule has 0 aliphatic carbocycles. The van der Waals surface area contributed by atoms with E-state index in [1.165, 1.54) is 0 Å². The third kappa shape index (κ3) is 4.53.